The number of fused-ring (bicyclic) bond motifs is 2. The molecular weight excluding hydrogens is 250 g/mol. The van der Waals surface area contributed by atoms with Crippen LogP contribution in [0.3, 0.4) is 0 Å². The largest absolute Gasteiger partial charge is 0.317 e. The number of hydrogen-bond donors (Lipinski definition) is 1. The summed E-state index contributed by atoms with van der Waals surface area (Å²) >= 11 is 3.57. The van der Waals surface area contributed by atoms with Gasteiger partial charge in [-0.25, -0.2) is 0 Å². The lowest BCUT2D eigenvalue weighted by Gasteiger charge is -2.33. The predicted molar refractivity (Wildman–Crippen MR) is 67.0 cm³/mol. The first-order valence-corrected chi connectivity index (χ1v) is 6.29. The van der Waals surface area contributed by atoms with Gasteiger partial charge < -0.3 is 5.32 Å². The van der Waals surface area contributed by atoms with Crippen molar-refractivity contribution in [2.24, 2.45) is 0 Å². The monoisotopic (exact) mass is 263 g/mol. The summed E-state index contributed by atoms with van der Waals surface area (Å²) in [6, 6.07) is 6.64. The maximum Gasteiger partial charge on any atom is 0.0178 e. The third-order valence-corrected chi connectivity index (χ3v) is 4.12. The summed E-state index contributed by atoms with van der Waals surface area (Å²) in [5.41, 5.74) is 3.24. The van der Waals surface area contributed by atoms with E-state index in [4.69, 9.17) is 0 Å². The Morgan fingerprint density at radius 2 is 2.00 bits per heavy atom. The second-order valence-corrected chi connectivity index (χ2v) is 5.39. The third kappa shape index (κ3) is 1.47. The molecule has 2 heteroatoms. The van der Waals surface area contributed by atoms with Crippen LogP contribution in [0.15, 0.2) is 28.7 Å². The van der Waals surface area contributed by atoms with E-state index < -0.39 is 0 Å². The summed E-state index contributed by atoms with van der Waals surface area (Å²) in [7, 11) is 0. The number of piperidine rings is 1. The van der Waals surface area contributed by atoms with Crippen molar-refractivity contribution < 1.29 is 0 Å². The third-order valence-electron chi connectivity index (χ3n) is 3.63. The molecule has 1 saturated heterocycles. The first-order chi connectivity index (χ1) is 7.30. The lowest BCUT2D eigenvalue weighted by atomic mass is 9.75. The van der Waals surface area contributed by atoms with Gasteiger partial charge in [-0.1, -0.05) is 34.1 Å². The van der Waals surface area contributed by atoms with Crippen LogP contribution in [0.1, 0.15) is 24.0 Å². The molecule has 78 valence electrons. The van der Waals surface area contributed by atoms with E-state index in [1.807, 2.05) is 0 Å². The molecule has 3 rings (SSSR count). The molecule has 1 aliphatic carbocycles. The molecule has 1 nitrogen and oxygen atoms in total. The maximum atomic E-state index is 3.57. The van der Waals surface area contributed by atoms with Gasteiger partial charge in [0, 0.05) is 9.89 Å². The number of hydrogen-bond acceptors (Lipinski definition) is 1. The van der Waals surface area contributed by atoms with Crippen LogP contribution in [0.4, 0.5) is 0 Å². The molecule has 0 saturated carbocycles. The van der Waals surface area contributed by atoms with Crippen molar-refractivity contribution >= 4 is 22.0 Å². The second kappa shape index (κ2) is 3.46. The van der Waals surface area contributed by atoms with Gasteiger partial charge >= 0.3 is 0 Å². The van der Waals surface area contributed by atoms with E-state index in [0.717, 1.165) is 13.1 Å². The standard InChI is InChI=1S/C13H14BrN/c14-11-2-1-10-3-4-13(12(10)9-11)5-7-15-8-6-13/h1-4,9,15H,5-8H2. The van der Waals surface area contributed by atoms with Crippen LogP contribution in [0.5, 0.6) is 0 Å². The van der Waals surface area contributed by atoms with E-state index in [1.165, 1.54) is 28.4 Å². The molecule has 2 aliphatic rings. The van der Waals surface area contributed by atoms with Crippen LogP contribution >= 0.6 is 15.9 Å². The van der Waals surface area contributed by atoms with Gasteiger partial charge in [-0.3, -0.25) is 0 Å². The molecule has 0 bridgehead atoms. The quantitative estimate of drug-likeness (QED) is 0.759. The molecule has 0 amide bonds. The van der Waals surface area contributed by atoms with Gasteiger partial charge in [-0.2, -0.15) is 0 Å². The fourth-order valence-electron chi connectivity index (χ4n) is 2.75. The van der Waals surface area contributed by atoms with E-state index in [1.54, 1.807) is 0 Å². The van der Waals surface area contributed by atoms with Gasteiger partial charge in [0.2, 0.25) is 0 Å². The average Bonchev–Trinajstić information content (AvgIpc) is 2.59. The lowest BCUT2D eigenvalue weighted by molar-refractivity contribution is 0.378. The van der Waals surface area contributed by atoms with Crippen LogP contribution < -0.4 is 5.32 Å². The van der Waals surface area contributed by atoms with Crippen LogP contribution in [0.2, 0.25) is 0 Å². The fourth-order valence-corrected chi connectivity index (χ4v) is 3.11. The number of allylic oxidation sites excluding steroid dienone is 1. The van der Waals surface area contributed by atoms with Crippen LogP contribution in [0.25, 0.3) is 6.08 Å². The number of benzene rings is 1. The highest BCUT2D eigenvalue weighted by molar-refractivity contribution is 9.10. The molecule has 1 aromatic rings. The summed E-state index contributed by atoms with van der Waals surface area (Å²) in [6.07, 6.45) is 7.15. The average molecular weight is 264 g/mol. The van der Waals surface area contributed by atoms with Crippen molar-refractivity contribution in [2.45, 2.75) is 18.3 Å². The summed E-state index contributed by atoms with van der Waals surface area (Å²) in [4.78, 5) is 0. The molecular formula is C13H14BrN. The number of halogens is 1. The molecule has 1 N–H and O–H groups in total. The highest BCUT2D eigenvalue weighted by atomic mass is 79.9. The first-order valence-electron chi connectivity index (χ1n) is 5.50. The van der Waals surface area contributed by atoms with Gasteiger partial charge in [0.15, 0.2) is 0 Å². The normalized spacial score (nSPS) is 21.9. The minimum absolute atomic E-state index is 0.324. The molecule has 1 aliphatic heterocycles. The Morgan fingerprint density at radius 3 is 2.80 bits per heavy atom. The Hall–Kier alpha value is -0.600. The zero-order valence-electron chi connectivity index (χ0n) is 8.59. The molecule has 1 spiro atoms. The Morgan fingerprint density at radius 1 is 1.20 bits per heavy atom. The van der Waals surface area contributed by atoms with E-state index in [0.29, 0.717) is 5.41 Å². The van der Waals surface area contributed by atoms with Crippen molar-refractivity contribution in [3.63, 3.8) is 0 Å². The predicted octanol–water partition coefficient (Wildman–Crippen LogP) is 3.10. The highest BCUT2D eigenvalue weighted by Gasteiger charge is 2.35. The maximum absolute atomic E-state index is 3.57. The second-order valence-electron chi connectivity index (χ2n) is 4.47. The van der Waals surface area contributed by atoms with Gasteiger partial charge in [-0.05, 0) is 49.2 Å². The van der Waals surface area contributed by atoms with E-state index in [-0.39, 0.29) is 0 Å². The topological polar surface area (TPSA) is 12.0 Å². The minimum atomic E-state index is 0.324. The van der Waals surface area contributed by atoms with Gasteiger partial charge in [-0.15, -0.1) is 0 Å². The molecule has 0 unspecified atom stereocenters. The minimum Gasteiger partial charge on any atom is -0.317 e. The van der Waals surface area contributed by atoms with Crippen LogP contribution in [0, 0.1) is 0 Å². The molecule has 1 aromatic carbocycles. The SMILES string of the molecule is Brc1ccc2c(c1)C1(C=C2)CCNCC1. The molecule has 15 heavy (non-hydrogen) atoms. The molecule has 0 radical (unpaired) electrons. The van der Waals surface area contributed by atoms with Crippen molar-refractivity contribution in [3.05, 3.63) is 39.9 Å². The zero-order valence-corrected chi connectivity index (χ0v) is 10.2. The Kier molecular flexibility index (Phi) is 2.22. The van der Waals surface area contributed by atoms with Crippen LogP contribution in [-0.2, 0) is 5.41 Å². The van der Waals surface area contributed by atoms with Gasteiger partial charge in [0.1, 0.15) is 0 Å². The van der Waals surface area contributed by atoms with Crippen molar-refractivity contribution in [2.75, 3.05) is 13.1 Å². The van der Waals surface area contributed by atoms with Gasteiger partial charge in [0.05, 0.1) is 0 Å². The van der Waals surface area contributed by atoms with E-state index in [2.05, 4.69) is 51.6 Å². The zero-order chi connectivity index (χ0) is 10.3. The van der Waals surface area contributed by atoms with Crippen molar-refractivity contribution in [1.29, 1.82) is 0 Å². The molecule has 1 fully saturated rings. The summed E-state index contributed by atoms with van der Waals surface area (Å²) in [6.45, 7) is 2.27. The van der Waals surface area contributed by atoms with Gasteiger partial charge in [0.25, 0.3) is 0 Å². The molecule has 0 atom stereocenters. The highest BCUT2D eigenvalue weighted by Crippen LogP contribution is 2.43. The van der Waals surface area contributed by atoms with Crippen molar-refractivity contribution in [3.8, 4) is 0 Å². The van der Waals surface area contributed by atoms with Crippen molar-refractivity contribution in [1.82, 2.24) is 5.32 Å². The number of nitrogens with one attached hydrogen (secondary N) is 1. The lowest BCUT2D eigenvalue weighted by Crippen LogP contribution is -2.37. The smallest absolute Gasteiger partial charge is 0.0178 e. The Balaban J connectivity index is 2.09. The first kappa shape index (κ1) is 9.61. The molecule has 1 heterocycles. The Bertz CT molecular complexity index is 417. The molecule has 0 aromatic heterocycles. The van der Waals surface area contributed by atoms with E-state index in [9.17, 15) is 0 Å². The number of rotatable bonds is 0. The fraction of sp³-hybridized carbons (Fsp3) is 0.385. The van der Waals surface area contributed by atoms with E-state index >= 15 is 0 Å². The summed E-state index contributed by atoms with van der Waals surface area (Å²) in [5, 5.41) is 3.44. The Labute approximate surface area is 98.7 Å². The summed E-state index contributed by atoms with van der Waals surface area (Å²) in [5.74, 6) is 0. The van der Waals surface area contributed by atoms with Crippen LogP contribution in [-0.4, -0.2) is 13.1 Å². The summed E-state index contributed by atoms with van der Waals surface area (Å²) < 4.78 is 1.20.